The van der Waals surface area contributed by atoms with Crippen LogP contribution in [0.1, 0.15) is 31.3 Å². The summed E-state index contributed by atoms with van der Waals surface area (Å²) in [6.07, 6.45) is 0. The third-order valence-electron chi connectivity index (χ3n) is 4.91. The van der Waals surface area contributed by atoms with Crippen LogP contribution in [-0.4, -0.2) is 65.1 Å². The van der Waals surface area contributed by atoms with Crippen molar-refractivity contribution in [3.63, 3.8) is 0 Å². The normalized spacial score (nSPS) is 17.0. The van der Waals surface area contributed by atoms with Crippen LogP contribution in [0.15, 0.2) is 22.7 Å². The van der Waals surface area contributed by atoms with Crippen molar-refractivity contribution in [1.29, 1.82) is 0 Å². The number of amides is 1. The molecule has 2 heterocycles. The van der Waals surface area contributed by atoms with Gasteiger partial charge in [0.05, 0.1) is 12.6 Å². The molecule has 1 aromatic heterocycles. The predicted octanol–water partition coefficient (Wildman–Crippen LogP) is 2.00. The summed E-state index contributed by atoms with van der Waals surface area (Å²) in [7, 11) is 0. The van der Waals surface area contributed by atoms with Crippen LogP contribution in [0.5, 0.6) is 0 Å². The Morgan fingerprint density at radius 3 is 2.74 bits per heavy atom. The van der Waals surface area contributed by atoms with Crippen molar-refractivity contribution in [2.24, 2.45) is 0 Å². The standard InChI is InChI=1S/C19H26FN5O2/c1-4-21-17(26)12-24-7-9-25(10-8-24)14(3)19-22-18(23-27-19)15-5-6-16(20)13(2)11-15/h5-6,11,14H,4,7-10,12H2,1-3H3,(H,21,26). The van der Waals surface area contributed by atoms with Crippen LogP contribution in [0.25, 0.3) is 11.4 Å². The fourth-order valence-electron chi connectivity index (χ4n) is 3.23. The molecule has 1 fully saturated rings. The number of carbonyl (C=O) groups is 1. The average molecular weight is 375 g/mol. The van der Waals surface area contributed by atoms with Gasteiger partial charge in [-0.3, -0.25) is 14.6 Å². The second-order valence-corrected chi connectivity index (χ2v) is 6.86. The number of carbonyl (C=O) groups excluding carboxylic acids is 1. The molecule has 0 aliphatic carbocycles. The number of aryl methyl sites for hydroxylation is 1. The number of benzene rings is 1. The van der Waals surface area contributed by atoms with Crippen molar-refractivity contribution < 1.29 is 13.7 Å². The van der Waals surface area contributed by atoms with E-state index < -0.39 is 0 Å². The van der Waals surface area contributed by atoms with Crippen molar-refractivity contribution in [3.05, 3.63) is 35.5 Å². The average Bonchev–Trinajstić information content (AvgIpc) is 3.14. The predicted molar refractivity (Wildman–Crippen MR) is 99.5 cm³/mol. The number of halogens is 1. The molecule has 7 nitrogen and oxygen atoms in total. The van der Waals surface area contributed by atoms with Gasteiger partial charge in [0.25, 0.3) is 0 Å². The van der Waals surface area contributed by atoms with Gasteiger partial charge in [-0.05, 0) is 44.5 Å². The SMILES string of the molecule is CCNC(=O)CN1CCN(C(C)c2nc(-c3ccc(F)c(C)c3)no2)CC1. The number of nitrogens with zero attached hydrogens (tertiary/aromatic N) is 4. The van der Waals surface area contributed by atoms with E-state index in [2.05, 4.69) is 25.3 Å². The topological polar surface area (TPSA) is 74.5 Å². The molecule has 1 aliphatic heterocycles. The highest BCUT2D eigenvalue weighted by molar-refractivity contribution is 5.77. The summed E-state index contributed by atoms with van der Waals surface area (Å²) < 4.78 is 18.9. The molecule has 146 valence electrons. The van der Waals surface area contributed by atoms with Crippen LogP contribution >= 0.6 is 0 Å². The third kappa shape index (κ3) is 4.70. The fraction of sp³-hybridized carbons (Fsp3) is 0.526. The number of piperazine rings is 1. The molecule has 3 rings (SSSR count). The largest absolute Gasteiger partial charge is 0.355 e. The summed E-state index contributed by atoms with van der Waals surface area (Å²) in [5.74, 6) is 0.829. The number of aromatic nitrogens is 2. The Bertz CT molecular complexity index is 786. The number of hydrogen-bond donors (Lipinski definition) is 1. The Morgan fingerprint density at radius 1 is 1.33 bits per heavy atom. The molecule has 1 amide bonds. The minimum atomic E-state index is -0.249. The summed E-state index contributed by atoms with van der Waals surface area (Å²) in [4.78, 5) is 20.6. The van der Waals surface area contributed by atoms with Crippen molar-refractivity contribution in [1.82, 2.24) is 25.3 Å². The highest BCUT2D eigenvalue weighted by Crippen LogP contribution is 2.24. The van der Waals surface area contributed by atoms with Gasteiger partial charge in [-0.2, -0.15) is 4.98 Å². The van der Waals surface area contributed by atoms with Crippen LogP contribution in [0, 0.1) is 12.7 Å². The molecule has 0 saturated carbocycles. The van der Waals surface area contributed by atoms with Gasteiger partial charge in [0, 0.05) is 38.3 Å². The lowest BCUT2D eigenvalue weighted by Gasteiger charge is -2.36. The van der Waals surface area contributed by atoms with Crippen molar-refractivity contribution >= 4 is 5.91 Å². The lowest BCUT2D eigenvalue weighted by atomic mass is 10.1. The fourth-order valence-corrected chi connectivity index (χ4v) is 3.23. The van der Waals surface area contributed by atoms with Crippen LogP contribution in [0.4, 0.5) is 4.39 Å². The first-order valence-electron chi connectivity index (χ1n) is 9.31. The molecule has 8 heteroatoms. The quantitative estimate of drug-likeness (QED) is 0.832. The van der Waals surface area contributed by atoms with Crippen molar-refractivity contribution in [2.75, 3.05) is 39.3 Å². The first-order chi connectivity index (χ1) is 13.0. The van der Waals surface area contributed by atoms with Crippen molar-refractivity contribution in [2.45, 2.75) is 26.8 Å². The highest BCUT2D eigenvalue weighted by Gasteiger charge is 2.26. The molecule has 0 spiro atoms. The van der Waals surface area contributed by atoms with E-state index in [4.69, 9.17) is 4.52 Å². The molecule has 0 radical (unpaired) electrons. The number of likely N-dealkylation sites (N-methyl/N-ethyl adjacent to an activating group) is 1. The maximum atomic E-state index is 13.4. The lowest BCUT2D eigenvalue weighted by Crippen LogP contribution is -2.50. The molecule has 27 heavy (non-hydrogen) atoms. The van der Waals surface area contributed by atoms with Gasteiger partial charge in [0.1, 0.15) is 5.82 Å². The van der Waals surface area contributed by atoms with Crippen LogP contribution in [0.3, 0.4) is 0 Å². The maximum absolute atomic E-state index is 13.4. The summed E-state index contributed by atoms with van der Waals surface area (Å²) in [6.45, 7) is 10.0. The summed E-state index contributed by atoms with van der Waals surface area (Å²) in [5, 5.41) is 6.88. The minimum absolute atomic E-state index is 0.0144. The van der Waals surface area contributed by atoms with E-state index in [9.17, 15) is 9.18 Å². The minimum Gasteiger partial charge on any atom is -0.355 e. The molecule has 0 bridgehead atoms. The Kier molecular flexibility index (Phi) is 6.18. The van der Waals surface area contributed by atoms with Gasteiger partial charge in [0.2, 0.25) is 17.6 Å². The Hall–Kier alpha value is -2.32. The van der Waals surface area contributed by atoms with Gasteiger partial charge < -0.3 is 9.84 Å². The zero-order valence-electron chi connectivity index (χ0n) is 16.0. The second-order valence-electron chi connectivity index (χ2n) is 6.86. The van der Waals surface area contributed by atoms with Crippen LogP contribution < -0.4 is 5.32 Å². The molecule has 1 aliphatic rings. The molecule has 1 N–H and O–H groups in total. The zero-order valence-corrected chi connectivity index (χ0v) is 16.0. The lowest BCUT2D eigenvalue weighted by molar-refractivity contribution is -0.122. The number of nitrogens with one attached hydrogen (secondary N) is 1. The Morgan fingerprint density at radius 2 is 2.07 bits per heavy atom. The molecular weight excluding hydrogens is 349 g/mol. The third-order valence-corrected chi connectivity index (χ3v) is 4.91. The monoisotopic (exact) mass is 375 g/mol. The summed E-state index contributed by atoms with van der Waals surface area (Å²) in [6, 6.07) is 4.77. The number of hydrogen-bond acceptors (Lipinski definition) is 6. The molecule has 1 saturated heterocycles. The van der Waals surface area contributed by atoms with Gasteiger partial charge in [0.15, 0.2) is 0 Å². The van der Waals surface area contributed by atoms with E-state index in [1.807, 2.05) is 13.8 Å². The van der Waals surface area contributed by atoms with E-state index in [0.29, 0.717) is 30.4 Å². The van der Waals surface area contributed by atoms with E-state index in [0.717, 1.165) is 31.7 Å². The number of rotatable bonds is 6. The maximum Gasteiger partial charge on any atom is 0.244 e. The zero-order chi connectivity index (χ0) is 19.4. The summed E-state index contributed by atoms with van der Waals surface area (Å²) in [5.41, 5.74) is 1.29. The molecule has 1 unspecified atom stereocenters. The molecule has 2 aromatic rings. The van der Waals surface area contributed by atoms with Gasteiger partial charge in [-0.1, -0.05) is 5.16 Å². The van der Waals surface area contributed by atoms with E-state index in [-0.39, 0.29) is 17.8 Å². The van der Waals surface area contributed by atoms with Gasteiger partial charge in [-0.25, -0.2) is 4.39 Å². The molecular formula is C19H26FN5O2. The van der Waals surface area contributed by atoms with Crippen LogP contribution in [-0.2, 0) is 4.79 Å². The first-order valence-corrected chi connectivity index (χ1v) is 9.31. The van der Waals surface area contributed by atoms with Crippen molar-refractivity contribution in [3.8, 4) is 11.4 Å². The Labute approximate surface area is 158 Å². The van der Waals surface area contributed by atoms with Gasteiger partial charge >= 0.3 is 0 Å². The Balaban J connectivity index is 1.59. The van der Waals surface area contributed by atoms with E-state index in [1.54, 1.807) is 19.1 Å². The second kappa shape index (κ2) is 8.58. The van der Waals surface area contributed by atoms with Gasteiger partial charge in [-0.15, -0.1) is 0 Å². The van der Waals surface area contributed by atoms with E-state index >= 15 is 0 Å². The van der Waals surface area contributed by atoms with E-state index in [1.165, 1.54) is 6.07 Å². The summed E-state index contributed by atoms with van der Waals surface area (Å²) >= 11 is 0. The van der Waals surface area contributed by atoms with Crippen LogP contribution in [0.2, 0.25) is 0 Å². The molecule has 1 aromatic carbocycles. The first kappa shape index (κ1) is 19.4. The highest BCUT2D eigenvalue weighted by atomic mass is 19.1. The smallest absolute Gasteiger partial charge is 0.244 e. The molecule has 1 atom stereocenters.